The van der Waals surface area contributed by atoms with Crippen molar-refractivity contribution in [2.45, 2.75) is 69.6 Å². The quantitative estimate of drug-likeness (QED) is 0.189. The SMILES string of the molecule is CC(C)(C)OC(=O)NC1(C(=O)NC(CN(C(=N)c2ccc(Cl)cc2)C(=O)NCC2N=CN(c3ncccc3Cl)N2)C(F)(F)F)CCC1. The molecule has 1 aromatic heterocycles. The number of alkyl carbamates (subject to hydrolysis) is 1. The fourth-order valence-electron chi connectivity index (χ4n) is 4.61. The van der Waals surface area contributed by atoms with Crippen molar-refractivity contribution in [2.75, 3.05) is 18.1 Å². The molecule has 0 bridgehead atoms. The molecule has 2 atom stereocenters. The highest BCUT2D eigenvalue weighted by Crippen LogP contribution is 2.34. The van der Waals surface area contributed by atoms with Gasteiger partial charge in [-0.25, -0.2) is 25.0 Å². The molecule has 2 heterocycles. The number of hydrazine groups is 1. The van der Waals surface area contributed by atoms with Crippen LogP contribution < -0.4 is 26.4 Å². The monoisotopic (exact) mass is 699 g/mol. The molecule has 13 nitrogen and oxygen atoms in total. The number of carbonyl (C=O) groups excluding carboxylic acids is 3. The first-order valence-electron chi connectivity index (χ1n) is 14.5. The number of halogens is 5. The average molecular weight is 701 g/mol. The van der Waals surface area contributed by atoms with Crippen LogP contribution in [0.25, 0.3) is 0 Å². The number of alkyl halides is 3. The molecule has 5 N–H and O–H groups in total. The molecule has 47 heavy (non-hydrogen) atoms. The van der Waals surface area contributed by atoms with Gasteiger partial charge in [0.05, 0.1) is 18.1 Å². The van der Waals surface area contributed by atoms with Gasteiger partial charge in [0.15, 0.2) is 5.82 Å². The van der Waals surface area contributed by atoms with Crippen LogP contribution in [0.1, 0.15) is 45.6 Å². The second kappa shape index (κ2) is 14.3. The van der Waals surface area contributed by atoms with E-state index >= 15 is 0 Å². The van der Waals surface area contributed by atoms with Gasteiger partial charge in [-0.05, 0) is 76.4 Å². The first-order chi connectivity index (χ1) is 22.0. The van der Waals surface area contributed by atoms with Crippen molar-refractivity contribution in [3.05, 3.63) is 58.2 Å². The summed E-state index contributed by atoms with van der Waals surface area (Å²) in [5, 5.41) is 17.6. The molecule has 0 saturated heterocycles. The molecule has 0 radical (unpaired) electrons. The molecule has 1 aliphatic carbocycles. The Kier molecular flexibility index (Phi) is 10.9. The number of aliphatic imine (C=N–C) groups is 1. The zero-order chi connectivity index (χ0) is 34.6. The Hall–Kier alpha value is -4.15. The lowest BCUT2D eigenvalue weighted by atomic mass is 9.76. The number of anilines is 1. The molecular formula is C29H34Cl2F3N9O4. The van der Waals surface area contributed by atoms with Crippen LogP contribution in [0, 0.1) is 5.41 Å². The minimum Gasteiger partial charge on any atom is -0.444 e. The normalized spacial score (nSPS) is 17.7. The minimum atomic E-state index is -5.05. The van der Waals surface area contributed by atoms with E-state index in [9.17, 15) is 27.6 Å². The number of nitrogens with one attached hydrogen (secondary N) is 5. The number of urea groups is 1. The predicted molar refractivity (Wildman–Crippen MR) is 169 cm³/mol. The second-order valence-electron chi connectivity index (χ2n) is 11.9. The lowest BCUT2D eigenvalue weighted by molar-refractivity contribution is -0.165. The third-order valence-electron chi connectivity index (χ3n) is 7.14. The summed E-state index contributed by atoms with van der Waals surface area (Å²) in [6.07, 6.45) is -3.20. The molecule has 4 rings (SSSR count). The van der Waals surface area contributed by atoms with Crippen LogP contribution in [-0.2, 0) is 9.53 Å². The summed E-state index contributed by atoms with van der Waals surface area (Å²) in [6, 6.07) is 5.16. The smallest absolute Gasteiger partial charge is 0.410 e. The van der Waals surface area contributed by atoms with Gasteiger partial charge in [0.2, 0.25) is 5.91 Å². The van der Waals surface area contributed by atoms with Crippen LogP contribution in [0.4, 0.5) is 28.6 Å². The van der Waals surface area contributed by atoms with Gasteiger partial charge in [-0.15, -0.1) is 0 Å². The highest BCUT2D eigenvalue weighted by Gasteiger charge is 2.50. The summed E-state index contributed by atoms with van der Waals surface area (Å²) in [5.41, 5.74) is 0.499. The van der Waals surface area contributed by atoms with Crippen LogP contribution in [0.2, 0.25) is 10.0 Å². The number of nitrogens with zero attached hydrogens (tertiary/aromatic N) is 4. The number of rotatable bonds is 9. The number of pyridine rings is 1. The van der Waals surface area contributed by atoms with Gasteiger partial charge in [-0.2, -0.15) is 13.2 Å². The Bertz CT molecular complexity index is 1520. The molecule has 2 aromatic rings. The van der Waals surface area contributed by atoms with E-state index in [1.54, 1.807) is 32.9 Å². The lowest BCUT2D eigenvalue weighted by Gasteiger charge is -2.42. The Morgan fingerprint density at radius 3 is 2.43 bits per heavy atom. The molecule has 254 valence electrons. The number of hydrogen-bond donors (Lipinski definition) is 5. The summed E-state index contributed by atoms with van der Waals surface area (Å²) in [5.74, 6) is -1.34. The Morgan fingerprint density at radius 2 is 1.85 bits per heavy atom. The Labute approximate surface area is 278 Å². The van der Waals surface area contributed by atoms with Crippen molar-refractivity contribution in [3.8, 4) is 0 Å². The van der Waals surface area contributed by atoms with Gasteiger partial charge >= 0.3 is 18.3 Å². The van der Waals surface area contributed by atoms with E-state index < -0.39 is 59.9 Å². The molecule has 4 amide bonds. The maximum Gasteiger partial charge on any atom is 0.410 e. The van der Waals surface area contributed by atoms with Crippen LogP contribution in [0.5, 0.6) is 0 Å². The first kappa shape index (κ1) is 35.7. The molecule has 2 aliphatic rings. The fraction of sp³-hybridized carbons (Fsp3) is 0.448. The van der Waals surface area contributed by atoms with Crippen LogP contribution >= 0.6 is 23.2 Å². The average Bonchev–Trinajstić information content (AvgIpc) is 3.43. The van der Waals surface area contributed by atoms with E-state index in [1.807, 2.05) is 5.32 Å². The number of amidine groups is 1. The van der Waals surface area contributed by atoms with Gasteiger partial charge < -0.3 is 20.7 Å². The number of benzene rings is 1. The Balaban J connectivity index is 1.50. The number of aromatic nitrogens is 1. The van der Waals surface area contributed by atoms with E-state index in [2.05, 4.69) is 26.0 Å². The summed E-state index contributed by atoms with van der Waals surface area (Å²) < 4.78 is 48.6. The van der Waals surface area contributed by atoms with Crippen LogP contribution in [0.15, 0.2) is 47.6 Å². The van der Waals surface area contributed by atoms with Crippen molar-refractivity contribution in [2.24, 2.45) is 4.99 Å². The zero-order valence-electron chi connectivity index (χ0n) is 25.6. The highest BCUT2D eigenvalue weighted by atomic mass is 35.5. The summed E-state index contributed by atoms with van der Waals surface area (Å²) in [6.45, 7) is 3.46. The molecule has 1 aromatic carbocycles. The maximum absolute atomic E-state index is 14.5. The second-order valence-corrected chi connectivity index (χ2v) is 12.7. The van der Waals surface area contributed by atoms with Gasteiger partial charge in [-0.1, -0.05) is 23.2 Å². The number of ether oxygens (including phenoxy) is 1. The zero-order valence-corrected chi connectivity index (χ0v) is 27.1. The van der Waals surface area contributed by atoms with Gasteiger partial charge in [0, 0.05) is 16.8 Å². The fourth-order valence-corrected chi connectivity index (χ4v) is 4.95. The molecule has 1 aliphatic heterocycles. The maximum atomic E-state index is 14.5. The number of hydrogen-bond acceptors (Lipinski definition) is 9. The molecule has 2 unspecified atom stereocenters. The van der Waals surface area contributed by atoms with E-state index in [0.717, 1.165) is 0 Å². The van der Waals surface area contributed by atoms with E-state index in [-0.39, 0.29) is 24.9 Å². The van der Waals surface area contributed by atoms with Gasteiger partial charge in [0.25, 0.3) is 0 Å². The van der Waals surface area contributed by atoms with Crippen molar-refractivity contribution in [1.29, 1.82) is 5.41 Å². The first-order valence-corrected chi connectivity index (χ1v) is 15.2. The topological polar surface area (TPSA) is 164 Å². The van der Waals surface area contributed by atoms with E-state index in [1.165, 1.54) is 41.8 Å². The molecule has 1 fully saturated rings. The van der Waals surface area contributed by atoms with Gasteiger partial charge in [-0.3, -0.25) is 20.1 Å². The van der Waals surface area contributed by atoms with Crippen molar-refractivity contribution < 1.29 is 32.3 Å². The molecule has 18 heteroatoms. The van der Waals surface area contributed by atoms with Gasteiger partial charge in [0.1, 0.15) is 35.5 Å². The summed E-state index contributed by atoms with van der Waals surface area (Å²) in [4.78, 5) is 48.1. The van der Waals surface area contributed by atoms with E-state index in [0.29, 0.717) is 27.2 Å². The third kappa shape index (κ3) is 9.23. The summed E-state index contributed by atoms with van der Waals surface area (Å²) in [7, 11) is 0. The molecule has 1 saturated carbocycles. The van der Waals surface area contributed by atoms with Crippen LogP contribution in [-0.4, -0.2) is 82.7 Å². The largest absolute Gasteiger partial charge is 0.444 e. The summed E-state index contributed by atoms with van der Waals surface area (Å²) >= 11 is 12.1. The number of carbonyl (C=O) groups is 3. The van der Waals surface area contributed by atoms with Crippen molar-refractivity contribution in [3.63, 3.8) is 0 Å². The van der Waals surface area contributed by atoms with E-state index in [4.69, 9.17) is 33.3 Å². The molecule has 0 spiro atoms. The number of amides is 4. The molecular weight excluding hydrogens is 666 g/mol. The van der Waals surface area contributed by atoms with Crippen molar-refractivity contribution >= 4 is 59.2 Å². The Morgan fingerprint density at radius 1 is 1.17 bits per heavy atom. The highest BCUT2D eigenvalue weighted by molar-refractivity contribution is 6.33. The minimum absolute atomic E-state index is 0.0864. The lowest BCUT2D eigenvalue weighted by Crippen LogP contribution is -2.67. The third-order valence-corrected chi connectivity index (χ3v) is 7.69. The standard InChI is InChI=1S/C29H34Cl2F3N9O4/c1-27(2,3)47-26(46)40-28(11-5-12-28)24(44)39-20(29(32,33)34)15-42(22(35)17-7-9-18(30)10-8-17)25(45)37-14-21-38-16-43(41-21)23-19(31)6-4-13-36-23/h4,6-10,13,16,20-21,35,41H,5,11-12,14-15H2,1-3H3,(H,37,45)(H,39,44)(H,40,46). The van der Waals surface area contributed by atoms with Crippen molar-refractivity contribution in [1.82, 2.24) is 31.3 Å². The predicted octanol–water partition coefficient (Wildman–Crippen LogP) is 4.60. The van der Waals surface area contributed by atoms with Crippen LogP contribution in [0.3, 0.4) is 0 Å².